The van der Waals surface area contributed by atoms with Crippen LogP contribution in [0.1, 0.15) is 40.2 Å². The summed E-state index contributed by atoms with van der Waals surface area (Å²) in [5.74, 6) is 1.69. The number of carbonyl (C=O) groups excluding carboxylic acids is 1. The van der Waals surface area contributed by atoms with Crippen molar-refractivity contribution >= 4 is 11.6 Å². The number of hydrogen-bond acceptors (Lipinski definition) is 4. The number of rotatable bonds is 4. The van der Waals surface area contributed by atoms with Crippen LogP contribution in [0.4, 0.5) is 5.69 Å². The molecule has 0 aromatic heterocycles. The molecule has 1 heterocycles. The quantitative estimate of drug-likeness (QED) is 0.897. The molecule has 25 heavy (non-hydrogen) atoms. The van der Waals surface area contributed by atoms with Gasteiger partial charge in [-0.3, -0.25) is 4.79 Å². The molecule has 5 nitrogen and oxygen atoms in total. The Morgan fingerprint density at radius 2 is 2.04 bits per heavy atom. The first kappa shape index (κ1) is 16.0. The van der Waals surface area contributed by atoms with E-state index in [0.717, 1.165) is 5.56 Å². The second-order valence-electron chi connectivity index (χ2n) is 6.70. The average molecular weight is 339 g/mol. The van der Waals surface area contributed by atoms with Gasteiger partial charge in [-0.1, -0.05) is 12.1 Å². The predicted octanol–water partition coefficient (Wildman–Crippen LogP) is 3.26. The molecule has 1 aliphatic heterocycles. The molecule has 1 saturated carbocycles. The van der Waals surface area contributed by atoms with Crippen molar-refractivity contribution in [1.29, 1.82) is 0 Å². The summed E-state index contributed by atoms with van der Waals surface area (Å²) in [5, 5.41) is 12.1. The fourth-order valence-corrected chi connectivity index (χ4v) is 3.09. The fraction of sp³-hybridized carbons (Fsp3) is 0.350. The molecule has 0 radical (unpaired) electrons. The Morgan fingerprint density at radius 1 is 1.20 bits per heavy atom. The number of ether oxygens (including phenoxy) is 2. The van der Waals surface area contributed by atoms with Crippen LogP contribution < -0.4 is 14.8 Å². The van der Waals surface area contributed by atoms with Gasteiger partial charge in [-0.05, 0) is 55.0 Å². The summed E-state index contributed by atoms with van der Waals surface area (Å²) < 4.78 is 11.2. The van der Waals surface area contributed by atoms with Crippen molar-refractivity contribution in [3.63, 3.8) is 0 Å². The third kappa shape index (κ3) is 3.33. The molecule has 2 aromatic rings. The maximum absolute atomic E-state index is 12.6. The molecule has 2 aliphatic rings. The number of fused-ring (bicyclic) bond motifs is 1. The van der Waals surface area contributed by atoms with E-state index in [1.165, 1.54) is 18.4 Å². The van der Waals surface area contributed by atoms with E-state index in [2.05, 4.69) is 17.4 Å². The normalized spacial score (nSPS) is 18.7. The lowest BCUT2D eigenvalue weighted by Gasteiger charge is -2.25. The van der Waals surface area contributed by atoms with Gasteiger partial charge in [-0.15, -0.1) is 0 Å². The van der Waals surface area contributed by atoms with Crippen molar-refractivity contribution in [2.24, 2.45) is 0 Å². The second kappa shape index (κ2) is 6.41. The molecule has 0 saturated heterocycles. The standard InChI is InChI=1S/C20H21NO4/c1-12-8-14(13-2-3-13)4-6-17(12)20(23)21-15-5-7-18-19(9-15)24-11-16(10-22)25-18/h4-9,13,16,22H,2-3,10-11H2,1H3,(H,21,23). The number of carbonyl (C=O) groups is 1. The van der Waals surface area contributed by atoms with E-state index in [4.69, 9.17) is 14.6 Å². The van der Waals surface area contributed by atoms with Crippen molar-refractivity contribution < 1.29 is 19.4 Å². The highest BCUT2D eigenvalue weighted by molar-refractivity contribution is 6.05. The Morgan fingerprint density at radius 3 is 2.76 bits per heavy atom. The van der Waals surface area contributed by atoms with Crippen LogP contribution in [0.3, 0.4) is 0 Å². The zero-order valence-electron chi connectivity index (χ0n) is 14.1. The van der Waals surface area contributed by atoms with Crippen LogP contribution in [-0.4, -0.2) is 30.3 Å². The van der Waals surface area contributed by atoms with Gasteiger partial charge < -0.3 is 19.9 Å². The highest BCUT2D eigenvalue weighted by Gasteiger charge is 2.24. The Bertz CT molecular complexity index is 813. The van der Waals surface area contributed by atoms with Crippen LogP contribution in [0.25, 0.3) is 0 Å². The first-order valence-corrected chi connectivity index (χ1v) is 8.60. The van der Waals surface area contributed by atoms with Gasteiger partial charge in [-0.2, -0.15) is 0 Å². The molecule has 1 fully saturated rings. The van der Waals surface area contributed by atoms with E-state index < -0.39 is 0 Å². The number of anilines is 1. The zero-order valence-corrected chi connectivity index (χ0v) is 14.1. The van der Waals surface area contributed by atoms with Crippen molar-refractivity contribution in [3.8, 4) is 11.5 Å². The predicted molar refractivity (Wildman–Crippen MR) is 94.5 cm³/mol. The first-order chi connectivity index (χ1) is 12.1. The maximum atomic E-state index is 12.6. The molecule has 1 aliphatic carbocycles. The van der Waals surface area contributed by atoms with Crippen LogP contribution in [0, 0.1) is 6.92 Å². The number of nitrogens with one attached hydrogen (secondary N) is 1. The number of amides is 1. The Labute approximate surface area is 146 Å². The number of aliphatic hydroxyl groups excluding tert-OH is 1. The number of aliphatic hydroxyl groups is 1. The molecule has 1 unspecified atom stereocenters. The Kier molecular flexibility index (Phi) is 4.09. The minimum atomic E-state index is -0.347. The van der Waals surface area contributed by atoms with E-state index in [-0.39, 0.29) is 18.6 Å². The van der Waals surface area contributed by atoms with Gasteiger partial charge in [0, 0.05) is 17.3 Å². The molecular formula is C20H21NO4. The van der Waals surface area contributed by atoms with Gasteiger partial charge in [-0.25, -0.2) is 0 Å². The van der Waals surface area contributed by atoms with Gasteiger partial charge in [0.25, 0.3) is 5.91 Å². The second-order valence-corrected chi connectivity index (χ2v) is 6.70. The summed E-state index contributed by atoms with van der Waals surface area (Å²) in [6.07, 6.45) is 2.15. The van der Waals surface area contributed by atoms with Gasteiger partial charge in [0.05, 0.1) is 6.61 Å². The van der Waals surface area contributed by atoms with Crippen molar-refractivity contribution in [2.45, 2.75) is 31.8 Å². The van der Waals surface area contributed by atoms with Crippen LogP contribution in [-0.2, 0) is 0 Å². The summed E-state index contributed by atoms with van der Waals surface area (Å²) in [5.41, 5.74) is 3.65. The molecular weight excluding hydrogens is 318 g/mol. The minimum absolute atomic E-state index is 0.0892. The summed E-state index contributed by atoms with van der Waals surface area (Å²) in [7, 11) is 0. The van der Waals surface area contributed by atoms with Gasteiger partial charge in [0.1, 0.15) is 6.61 Å². The van der Waals surface area contributed by atoms with E-state index in [1.807, 2.05) is 13.0 Å². The summed E-state index contributed by atoms with van der Waals surface area (Å²) in [6.45, 7) is 2.18. The highest BCUT2D eigenvalue weighted by atomic mass is 16.6. The van der Waals surface area contributed by atoms with Crippen LogP contribution in [0.15, 0.2) is 36.4 Å². The van der Waals surface area contributed by atoms with Crippen LogP contribution >= 0.6 is 0 Å². The SMILES string of the molecule is Cc1cc(C2CC2)ccc1C(=O)Nc1ccc2c(c1)OCC(CO)O2. The molecule has 2 aromatic carbocycles. The third-order valence-corrected chi connectivity index (χ3v) is 4.67. The van der Waals surface area contributed by atoms with E-state index >= 15 is 0 Å². The highest BCUT2D eigenvalue weighted by Crippen LogP contribution is 2.40. The molecule has 0 spiro atoms. The molecule has 0 bridgehead atoms. The fourth-order valence-electron chi connectivity index (χ4n) is 3.09. The lowest BCUT2D eigenvalue weighted by molar-refractivity contribution is 0.0457. The summed E-state index contributed by atoms with van der Waals surface area (Å²) >= 11 is 0. The smallest absolute Gasteiger partial charge is 0.255 e. The van der Waals surface area contributed by atoms with Crippen LogP contribution in [0.5, 0.6) is 11.5 Å². The van der Waals surface area contributed by atoms with Crippen molar-refractivity contribution in [1.82, 2.24) is 0 Å². The molecule has 1 amide bonds. The van der Waals surface area contributed by atoms with Gasteiger partial charge in [0.15, 0.2) is 17.6 Å². The summed E-state index contributed by atoms with van der Waals surface area (Å²) in [4.78, 5) is 12.6. The van der Waals surface area contributed by atoms with E-state index in [9.17, 15) is 4.79 Å². The molecule has 1 atom stereocenters. The number of aryl methyl sites for hydroxylation is 1. The number of benzene rings is 2. The lowest BCUT2D eigenvalue weighted by atomic mass is 10.0. The van der Waals surface area contributed by atoms with Crippen molar-refractivity contribution in [2.75, 3.05) is 18.5 Å². The van der Waals surface area contributed by atoms with Crippen molar-refractivity contribution in [3.05, 3.63) is 53.1 Å². The third-order valence-electron chi connectivity index (χ3n) is 4.67. The Balaban J connectivity index is 1.49. The monoisotopic (exact) mass is 339 g/mol. The van der Waals surface area contributed by atoms with Crippen LogP contribution in [0.2, 0.25) is 0 Å². The molecule has 5 heteroatoms. The topological polar surface area (TPSA) is 67.8 Å². The van der Waals surface area contributed by atoms with Gasteiger partial charge >= 0.3 is 0 Å². The zero-order chi connectivity index (χ0) is 17.4. The van der Waals surface area contributed by atoms with E-state index in [1.54, 1.807) is 18.2 Å². The maximum Gasteiger partial charge on any atom is 0.255 e. The Hall–Kier alpha value is -2.53. The average Bonchev–Trinajstić information content (AvgIpc) is 3.46. The largest absolute Gasteiger partial charge is 0.486 e. The van der Waals surface area contributed by atoms with Gasteiger partial charge in [0.2, 0.25) is 0 Å². The van der Waals surface area contributed by atoms with E-state index in [0.29, 0.717) is 35.3 Å². The summed E-state index contributed by atoms with van der Waals surface area (Å²) in [6, 6.07) is 11.3. The number of hydrogen-bond donors (Lipinski definition) is 2. The molecule has 4 rings (SSSR count). The first-order valence-electron chi connectivity index (χ1n) is 8.60. The molecule has 2 N–H and O–H groups in total. The molecule has 130 valence electrons. The minimum Gasteiger partial charge on any atom is -0.486 e. The lowest BCUT2D eigenvalue weighted by Crippen LogP contribution is -2.32.